The smallest absolute Gasteiger partial charge is 0.276 e. The molecule has 0 unspecified atom stereocenters. The number of amides is 1. The van der Waals surface area contributed by atoms with Crippen LogP contribution in [-0.4, -0.2) is 15.7 Å². The van der Waals surface area contributed by atoms with E-state index in [1.54, 1.807) is 0 Å². The fraction of sp³-hybridized carbons (Fsp3) is 0.0417. The standard InChI is InChI=1S/C24H20N4O2/c29-23-16-15-22(27-28(23)17-18-7-3-1-4-8-18)24(30)26-21-13-11-20(12-14-21)25-19-9-5-2-6-10-19/h1-16,25H,17H2,(H,26,30). The number of hydrogen-bond acceptors (Lipinski definition) is 4. The van der Waals surface area contributed by atoms with Gasteiger partial charge in [-0.2, -0.15) is 5.10 Å². The number of rotatable bonds is 6. The Bertz CT molecular complexity index is 1190. The summed E-state index contributed by atoms with van der Waals surface area (Å²) in [5, 5.41) is 10.3. The summed E-state index contributed by atoms with van der Waals surface area (Å²) in [6.45, 7) is 0.306. The zero-order valence-electron chi connectivity index (χ0n) is 16.2. The number of anilines is 3. The Hall–Kier alpha value is -4.19. The predicted molar refractivity (Wildman–Crippen MR) is 118 cm³/mol. The Balaban J connectivity index is 1.44. The largest absolute Gasteiger partial charge is 0.356 e. The summed E-state index contributed by atoms with van der Waals surface area (Å²) >= 11 is 0. The van der Waals surface area contributed by atoms with Crippen molar-refractivity contribution >= 4 is 23.0 Å². The van der Waals surface area contributed by atoms with Gasteiger partial charge in [0.05, 0.1) is 6.54 Å². The fourth-order valence-corrected chi connectivity index (χ4v) is 2.96. The highest BCUT2D eigenvalue weighted by Gasteiger charge is 2.10. The Labute approximate surface area is 173 Å². The second kappa shape index (κ2) is 8.87. The molecule has 6 heteroatoms. The number of carbonyl (C=O) groups excluding carboxylic acids is 1. The van der Waals surface area contributed by atoms with Gasteiger partial charge in [-0.15, -0.1) is 0 Å². The van der Waals surface area contributed by atoms with Gasteiger partial charge in [0.25, 0.3) is 11.5 Å². The molecule has 6 nitrogen and oxygen atoms in total. The van der Waals surface area contributed by atoms with E-state index in [2.05, 4.69) is 15.7 Å². The quantitative estimate of drug-likeness (QED) is 0.510. The van der Waals surface area contributed by atoms with E-state index >= 15 is 0 Å². The van der Waals surface area contributed by atoms with Crippen molar-refractivity contribution < 1.29 is 4.79 Å². The Kier molecular flexibility index (Phi) is 5.66. The van der Waals surface area contributed by atoms with Crippen LogP contribution in [0.25, 0.3) is 0 Å². The molecule has 0 fully saturated rings. The van der Waals surface area contributed by atoms with E-state index in [0.717, 1.165) is 16.9 Å². The number of carbonyl (C=O) groups is 1. The van der Waals surface area contributed by atoms with E-state index in [9.17, 15) is 9.59 Å². The van der Waals surface area contributed by atoms with Crippen LogP contribution in [0, 0.1) is 0 Å². The van der Waals surface area contributed by atoms with Crippen LogP contribution in [0.1, 0.15) is 16.1 Å². The van der Waals surface area contributed by atoms with E-state index in [1.165, 1.54) is 16.8 Å². The summed E-state index contributed by atoms with van der Waals surface area (Å²) in [4.78, 5) is 24.7. The molecule has 0 aliphatic rings. The van der Waals surface area contributed by atoms with Crippen molar-refractivity contribution in [3.63, 3.8) is 0 Å². The minimum atomic E-state index is -0.374. The summed E-state index contributed by atoms with van der Waals surface area (Å²) in [5.41, 5.74) is 3.39. The highest BCUT2D eigenvalue weighted by Crippen LogP contribution is 2.19. The number of nitrogens with zero attached hydrogens (tertiary/aromatic N) is 2. The topological polar surface area (TPSA) is 76.0 Å². The first-order valence-corrected chi connectivity index (χ1v) is 9.53. The fourth-order valence-electron chi connectivity index (χ4n) is 2.96. The van der Waals surface area contributed by atoms with E-state index in [-0.39, 0.29) is 17.2 Å². The van der Waals surface area contributed by atoms with Crippen molar-refractivity contribution in [1.82, 2.24) is 9.78 Å². The molecule has 1 amide bonds. The van der Waals surface area contributed by atoms with Gasteiger partial charge in [-0.25, -0.2) is 4.68 Å². The minimum Gasteiger partial charge on any atom is -0.356 e. The average molecular weight is 396 g/mol. The maximum atomic E-state index is 12.6. The zero-order chi connectivity index (χ0) is 20.8. The monoisotopic (exact) mass is 396 g/mol. The molecule has 2 N–H and O–H groups in total. The summed E-state index contributed by atoms with van der Waals surface area (Å²) in [6.07, 6.45) is 0. The molecular weight excluding hydrogens is 376 g/mol. The van der Waals surface area contributed by atoms with Gasteiger partial charge in [0, 0.05) is 23.1 Å². The molecule has 3 aromatic carbocycles. The second-order valence-electron chi connectivity index (χ2n) is 6.72. The van der Waals surface area contributed by atoms with Crippen LogP contribution in [0.3, 0.4) is 0 Å². The molecular formula is C24H20N4O2. The molecule has 0 aliphatic heterocycles. The van der Waals surface area contributed by atoms with Crippen LogP contribution >= 0.6 is 0 Å². The van der Waals surface area contributed by atoms with E-state index in [1.807, 2.05) is 84.9 Å². The molecule has 0 atom stereocenters. The first kappa shape index (κ1) is 19.1. The maximum Gasteiger partial charge on any atom is 0.276 e. The third kappa shape index (κ3) is 4.80. The lowest BCUT2D eigenvalue weighted by Crippen LogP contribution is -2.26. The van der Waals surface area contributed by atoms with Crippen molar-refractivity contribution in [2.24, 2.45) is 0 Å². The highest BCUT2D eigenvalue weighted by atomic mass is 16.2. The van der Waals surface area contributed by atoms with Crippen molar-refractivity contribution in [1.29, 1.82) is 0 Å². The van der Waals surface area contributed by atoms with Gasteiger partial charge in [-0.1, -0.05) is 48.5 Å². The molecule has 0 spiro atoms. The zero-order valence-corrected chi connectivity index (χ0v) is 16.2. The minimum absolute atomic E-state index is 0.178. The van der Waals surface area contributed by atoms with Crippen molar-refractivity contribution in [3.8, 4) is 0 Å². The normalized spacial score (nSPS) is 10.4. The van der Waals surface area contributed by atoms with E-state index < -0.39 is 0 Å². The second-order valence-corrected chi connectivity index (χ2v) is 6.72. The van der Waals surface area contributed by atoms with Crippen LogP contribution in [0.2, 0.25) is 0 Å². The number of aromatic nitrogens is 2. The average Bonchev–Trinajstić information content (AvgIpc) is 2.78. The van der Waals surface area contributed by atoms with Crippen LogP contribution in [0.15, 0.2) is 102 Å². The lowest BCUT2D eigenvalue weighted by molar-refractivity contribution is 0.102. The predicted octanol–water partition coefficient (Wildman–Crippen LogP) is 4.29. The first-order chi connectivity index (χ1) is 14.7. The van der Waals surface area contributed by atoms with Crippen molar-refractivity contribution in [3.05, 3.63) is 119 Å². The van der Waals surface area contributed by atoms with E-state index in [4.69, 9.17) is 0 Å². The van der Waals surface area contributed by atoms with Gasteiger partial charge in [0.15, 0.2) is 0 Å². The summed E-state index contributed by atoms with van der Waals surface area (Å²) in [6, 6.07) is 29.5. The molecule has 1 heterocycles. The highest BCUT2D eigenvalue weighted by molar-refractivity contribution is 6.02. The number of nitrogens with one attached hydrogen (secondary N) is 2. The van der Waals surface area contributed by atoms with Crippen molar-refractivity contribution in [2.45, 2.75) is 6.54 Å². The Morgan fingerprint density at radius 2 is 1.33 bits per heavy atom. The molecule has 1 aromatic heterocycles. The molecule has 30 heavy (non-hydrogen) atoms. The SMILES string of the molecule is O=C(Nc1ccc(Nc2ccccc2)cc1)c1ccc(=O)n(Cc2ccccc2)n1. The Morgan fingerprint density at radius 3 is 2.03 bits per heavy atom. The summed E-state index contributed by atoms with van der Waals surface area (Å²) in [5.74, 6) is -0.374. The van der Waals surface area contributed by atoms with E-state index in [0.29, 0.717) is 12.2 Å². The van der Waals surface area contributed by atoms with Crippen LogP contribution < -0.4 is 16.2 Å². The molecule has 0 aliphatic carbocycles. The lowest BCUT2D eigenvalue weighted by atomic mass is 10.2. The number of hydrogen-bond donors (Lipinski definition) is 2. The van der Waals surface area contributed by atoms with Crippen molar-refractivity contribution in [2.75, 3.05) is 10.6 Å². The third-order valence-electron chi connectivity index (χ3n) is 4.48. The van der Waals surface area contributed by atoms with Gasteiger partial charge in [-0.05, 0) is 48.0 Å². The van der Waals surface area contributed by atoms with Crippen LogP contribution in [-0.2, 0) is 6.54 Å². The molecule has 148 valence electrons. The molecule has 0 saturated heterocycles. The van der Waals surface area contributed by atoms with Crippen LogP contribution in [0.4, 0.5) is 17.1 Å². The third-order valence-corrected chi connectivity index (χ3v) is 4.48. The lowest BCUT2D eigenvalue weighted by Gasteiger charge is -2.10. The molecule has 4 rings (SSSR count). The van der Waals surface area contributed by atoms with Gasteiger partial charge in [0.1, 0.15) is 5.69 Å². The maximum absolute atomic E-state index is 12.6. The molecule has 0 bridgehead atoms. The van der Waals surface area contributed by atoms with Gasteiger partial charge in [0.2, 0.25) is 0 Å². The summed E-state index contributed by atoms with van der Waals surface area (Å²) in [7, 11) is 0. The molecule has 0 radical (unpaired) electrons. The molecule has 4 aromatic rings. The summed E-state index contributed by atoms with van der Waals surface area (Å²) < 4.78 is 1.29. The van der Waals surface area contributed by atoms with Crippen LogP contribution in [0.5, 0.6) is 0 Å². The Morgan fingerprint density at radius 1 is 0.733 bits per heavy atom. The molecule has 0 saturated carbocycles. The first-order valence-electron chi connectivity index (χ1n) is 9.53. The van der Waals surface area contributed by atoms with Gasteiger partial charge in [-0.3, -0.25) is 9.59 Å². The number of benzene rings is 3. The van der Waals surface area contributed by atoms with Gasteiger partial charge < -0.3 is 10.6 Å². The van der Waals surface area contributed by atoms with Gasteiger partial charge >= 0.3 is 0 Å². The number of para-hydroxylation sites is 1.